The molecule has 6 heterocycles. The van der Waals surface area contributed by atoms with E-state index >= 15 is 0 Å². The fraction of sp³-hybridized carbons (Fsp3) is 0.711. The number of ether oxygens (including phenoxy) is 3. The minimum Gasteiger partial charge on any atom is -0.444 e. The van der Waals surface area contributed by atoms with Crippen LogP contribution < -0.4 is 4.90 Å². The van der Waals surface area contributed by atoms with Crippen molar-refractivity contribution in [2.75, 3.05) is 64.0 Å². The molecule has 51 heavy (non-hydrogen) atoms. The number of morpholine rings is 1. The van der Waals surface area contributed by atoms with E-state index in [1.807, 2.05) is 42.6 Å². The van der Waals surface area contributed by atoms with Crippen molar-refractivity contribution in [1.82, 2.24) is 29.4 Å². The van der Waals surface area contributed by atoms with E-state index in [-0.39, 0.29) is 23.9 Å². The van der Waals surface area contributed by atoms with Gasteiger partial charge in [0.1, 0.15) is 5.60 Å². The second-order valence-corrected chi connectivity index (χ2v) is 17.3. The molecule has 7 rings (SSSR count). The Morgan fingerprint density at radius 3 is 2.39 bits per heavy atom. The number of rotatable bonds is 6. The van der Waals surface area contributed by atoms with Gasteiger partial charge in [0.05, 0.1) is 41.0 Å². The molecule has 4 fully saturated rings. The van der Waals surface area contributed by atoms with Crippen molar-refractivity contribution in [2.45, 2.75) is 110 Å². The van der Waals surface area contributed by atoms with Crippen LogP contribution in [0.25, 0.3) is 22.0 Å². The quantitative estimate of drug-likeness (QED) is 0.250. The third-order valence-electron chi connectivity index (χ3n) is 11.2. The first-order valence-corrected chi connectivity index (χ1v) is 19.7. The minimum atomic E-state index is -0.531. The topological polar surface area (TPSA) is 90.1 Å². The summed E-state index contributed by atoms with van der Waals surface area (Å²) in [5.41, 5.74) is 3.15. The highest BCUT2D eigenvalue weighted by Gasteiger charge is 2.40. The van der Waals surface area contributed by atoms with Crippen LogP contribution in [0.1, 0.15) is 97.5 Å². The molecular weight excluding hydrogens is 689 g/mol. The number of carbonyl (C=O) groups is 1. The lowest BCUT2D eigenvalue weighted by Gasteiger charge is -2.47. The first-order valence-electron chi connectivity index (χ1n) is 18.9. The molecule has 0 saturated carbocycles. The Balaban J connectivity index is 1.27. The van der Waals surface area contributed by atoms with Crippen LogP contribution in [0.2, 0.25) is 10.0 Å². The highest BCUT2D eigenvalue weighted by atomic mass is 35.5. The molecule has 0 aliphatic carbocycles. The van der Waals surface area contributed by atoms with E-state index in [2.05, 4.69) is 35.3 Å². The molecule has 3 aromatic rings. The average molecular weight is 745 g/mol. The Labute approximate surface area is 312 Å². The third kappa shape index (κ3) is 7.61. The zero-order chi connectivity index (χ0) is 36.1. The van der Waals surface area contributed by atoms with Gasteiger partial charge < -0.3 is 24.0 Å². The highest BCUT2D eigenvalue weighted by Crippen LogP contribution is 2.49. The number of aromatic nitrogens is 4. The zero-order valence-electron chi connectivity index (χ0n) is 31.2. The van der Waals surface area contributed by atoms with Gasteiger partial charge in [-0.05, 0) is 98.5 Å². The summed E-state index contributed by atoms with van der Waals surface area (Å²) in [6.45, 7) is 20.1. The number of anilines is 1. The van der Waals surface area contributed by atoms with Crippen molar-refractivity contribution in [3.8, 4) is 11.1 Å². The molecule has 0 spiro atoms. The zero-order valence-corrected chi connectivity index (χ0v) is 32.7. The number of halogens is 2. The van der Waals surface area contributed by atoms with Gasteiger partial charge in [-0.1, -0.05) is 23.2 Å². The molecule has 0 bridgehead atoms. The van der Waals surface area contributed by atoms with Crippen molar-refractivity contribution < 1.29 is 19.0 Å². The van der Waals surface area contributed by atoms with Gasteiger partial charge in [0.25, 0.3) is 0 Å². The van der Waals surface area contributed by atoms with Crippen LogP contribution in [0.5, 0.6) is 0 Å². The lowest BCUT2D eigenvalue weighted by atomic mass is 9.82. The molecule has 1 unspecified atom stereocenters. The largest absolute Gasteiger partial charge is 0.444 e. The summed E-state index contributed by atoms with van der Waals surface area (Å²) in [5.74, 6) is 1.53. The lowest BCUT2D eigenvalue weighted by molar-refractivity contribution is -0.0366. The molecule has 11 nitrogen and oxygen atoms in total. The van der Waals surface area contributed by atoms with E-state index in [4.69, 9.17) is 47.6 Å². The number of nitrogens with zero attached hydrogens (tertiary/aromatic N) is 7. The Morgan fingerprint density at radius 1 is 0.980 bits per heavy atom. The van der Waals surface area contributed by atoms with E-state index in [1.54, 1.807) is 0 Å². The van der Waals surface area contributed by atoms with Gasteiger partial charge in [-0.3, -0.25) is 9.58 Å². The fourth-order valence-electron chi connectivity index (χ4n) is 8.71. The summed E-state index contributed by atoms with van der Waals surface area (Å²) in [6, 6.07) is 2.05. The molecule has 1 aromatic carbocycles. The van der Waals surface area contributed by atoms with E-state index in [9.17, 15) is 4.79 Å². The molecule has 13 heteroatoms. The standard InChI is InChI=1S/C38H55Cl2N7O4/c1-25-32(33-28-23-41-47(31-9-7-8-18-50-31)30(28)21-29(39)34(33)40)35(42-46(25)27-11-13-44(14-12-27)36(48)51-37(2,3)4)45-15-10-26(22-38(45,5)6)24-43-16-19-49-20-17-43/h21,23,26-27,31H,7-20,22,24H2,1-6H3/t26-,31?/m1/s1. The summed E-state index contributed by atoms with van der Waals surface area (Å²) in [4.78, 5) is 19.8. The highest BCUT2D eigenvalue weighted by molar-refractivity contribution is 6.45. The summed E-state index contributed by atoms with van der Waals surface area (Å²) < 4.78 is 21.7. The molecule has 280 valence electrons. The molecule has 2 atom stereocenters. The number of carbonyl (C=O) groups excluding carboxylic acids is 1. The normalized spacial score (nSPS) is 24.0. The monoisotopic (exact) mass is 743 g/mol. The number of amides is 1. The maximum atomic E-state index is 12.9. The van der Waals surface area contributed by atoms with Crippen molar-refractivity contribution in [3.05, 3.63) is 28.0 Å². The number of benzene rings is 1. The number of hydrogen-bond acceptors (Lipinski definition) is 8. The Morgan fingerprint density at radius 2 is 1.73 bits per heavy atom. The van der Waals surface area contributed by atoms with Crippen LogP contribution in [0, 0.1) is 12.8 Å². The predicted molar refractivity (Wildman–Crippen MR) is 202 cm³/mol. The van der Waals surface area contributed by atoms with Gasteiger partial charge in [0.2, 0.25) is 0 Å². The van der Waals surface area contributed by atoms with Gasteiger partial charge in [-0.15, -0.1) is 0 Å². The second-order valence-electron chi connectivity index (χ2n) is 16.6. The molecule has 1 amide bonds. The second kappa shape index (κ2) is 14.7. The van der Waals surface area contributed by atoms with Gasteiger partial charge in [-0.2, -0.15) is 10.2 Å². The maximum Gasteiger partial charge on any atom is 0.410 e. The molecular formula is C38H55Cl2N7O4. The molecule has 0 N–H and O–H groups in total. The minimum absolute atomic E-state index is 0.116. The number of likely N-dealkylation sites (tertiary alicyclic amines) is 1. The SMILES string of the molecule is Cc1c(-c2c(Cl)c(Cl)cc3c2cnn3C2CCCCO2)c(N2CC[C@@H](CN3CCOCC3)CC2(C)C)nn1C1CCN(C(=O)OC(C)(C)C)CC1. The fourth-order valence-corrected chi connectivity index (χ4v) is 9.16. The molecule has 4 aliphatic heterocycles. The average Bonchev–Trinajstić information content (AvgIpc) is 3.66. The van der Waals surface area contributed by atoms with Crippen molar-refractivity contribution >= 4 is 46.0 Å². The maximum absolute atomic E-state index is 12.9. The first kappa shape index (κ1) is 36.8. The molecule has 4 saturated heterocycles. The van der Waals surface area contributed by atoms with Crippen molar-refractivity contribution in [1.29, 1.82) is 0 Å². The predicted octanol–water partition coefficient (Wildman–Crippen LogP) is 8.11. The Kier molecular flexibility index (Phi) is 10.6. The van der Waals surface area contributed by atoms with Crippen molar-refractivity contribution in [2.24, 2.45) is 5.92 Å². The first-order chi connectivity index (χ1) is 24.3. The number of piperidine rings is 2. The van der Waals surface area contributed by atoms with E-state index in [0.717, 1.165) is 124 Å². The molecule has 4 aliphatic rings. The van der Waals surface area contributed by atoms with Crippen LogP contribution in [0.3, 0.4) is 0 Å². The summed E-state index contributed by atoms with van der Waals surface area (Å²) in [7, 11) is 0. The molecule has 0 radical (unpaired) electrons. The summed E-state index contributed by atoms with van der Waals surface area (Å²) in [5, 5.41) is 12.3. The molecule has 2 aromatic heterocycles. The van der Waals surface area contributed by atoms with Gasteiger partial charge >= 0.3 is 6.09 Å². The summed E-state index contributed by atoms with van der Waals surface area (Å²) in [6.07, 6.45) is 8.29. The van der Waals surface area contributed by atoms with Crippen molar-refractivity contribution in [3.63, 3.8) is 0 Å². The van der Waals surface area contributed by atoms with Crippen LogP contribution in [0.15, 0.2) is 12.3 Å². The Bertz CT molecular complexity index is 1710. The number of hydrogen-bond donors (Lipinski definition) is 0. The third-order valence-corrected chi connectivity index (χ3v) is 12.0. The van der Waals surface area contributed by atoms with E-state index in [0.29, 0.717) is 29.1 Å². The van der Waals surface area contributed by atoms with E-state index in [1.165, 1.54) is 0 Å². The number of fused-ring (bicyclic) bond motifs is 1. The van der Waals surface area contributed by atoms with Gasteiger partial charge in [-0.25, -0.2) is 9.48 Å². The Hall–Kier alpha value is -2.57. The van der Waals surface area contributed by atoms with Gasteiger partial charge in [0, 0.05) is 73.6 Å². The lowest BCUT2D eigenvalue weighted by Crippen LogP contribution is -2.53. The van der Waals surface area contributed by atoms with Crippen LogP contribution in [0.4, 0.5) is 10.6 Å². The van der Waals surface area contributed by atoms with E-state index < -0.39 is 5.60 Å². The van der Waals surface area contributed by atoms with Crippen LogP contribution in [-0.4, -0.2) is 106 Å². The van der Waals surface area contributed by atoms with Crippen LogP contribution >= 0.6 is 23.2 Å². The van der Waals surface area contributed by atoms with Gasteiger partial charge in [0.15, 0.2) is 12.0 Å². The smallest absolute Gasteiger partial charge is 0.410 e. The van der Waals surface area contributed by atoms with Crippen LogP contribution in [-0.2, 0) is 14.2 Å². The summed E-state index contributed by atoms with van der Waals surface area (Å²) >= 11 is 14.3.